The minimum absolute atomic E-state index is 0.0808. The van der Waals surface area contributed by atoms with E-state index in [0.29, 0.717) is 11.1 Å². The smallest absolute Gasteiger partial charge is 0.270 e. The second-order valence-corrected chi connectivity index (χ2v) is 5.45. The third kappa shape index (κ3) is 3.91. The predicted molar refractivity (Wildman–Crippen MR) is 82.3 cm³/mol. The van der Waals surface area contributed by atoms with Gasteiger partial charge in [0.2, 0.25) is 0 Å². The summed E-state index contributed by atoms with van der Waals surface area (Å²) < 4.78 is 13.5. The van der Waals surface area contributed by atoms with Crippen LogP contribution < -0.4 is 10.6 Å². The molecule has 23 heavy (non-hydrogen) atoms. The van der Waals surface area contributed by atoms with Crippen LogP contribution in [0.2, 0.25) is 0 Å². The van der Waals surface area contributed by atoms with Crippen molar-refractivity contribution in [3.05, 3.63) is 65.2 Å². The van der Waals surface area contributed by atoms with Crippen LogP contribution in [0.3, 0.4) is 0 Å². The van der Waals surface area contributed by atoms with E-state index in [9.17, 15) is 14.0 Å². The van der Waals surface area contributed by atoms with Crippen LogP contribution in [0.4, 0.5) is 4.39 Å². The highest BCUT2D eigenvalue weighted by atomic mass is 19.1. The Morgan fingerprint density at radius 2 is 1.96 bits per heavy atom. The summed E-state index contributed by atoms with van der Waals surface area (Å²) in [7, 11) is 0. The first-order valence-corrected chi connectivity index (χ1v) is 7.42. The average Bonchev–Trinajstić information content (AvgIpc) is 3.38. The Morgan fingerprint density at radius 3 is 2.70 bits per heavy atom. The molecule has 3 rings (SSSR count). The fraction of sp³-hybridized carbons (Fsp3) is 0.235. The van der Waals surface area contributed by atoms with Crippen molar-refractivity contribution in [2.75, 3.05) is 0 Å². The number of hydrogen-bond donors (Lipinski definition) is 2. The Kier molecular flexibility index (Phi) is 4.32. The Balaban J connectivity index is 1.65. The van der Waals surface area contributed by atoms with Crippen LogP contribution in [0.1, 0.15) is 39.3 Å². The second kappa shape index (κ2) is 6.56. The third-order valence-corrected chi connectivity index (χ3v) is 3.56. The largest absolute Gasteiger partial charge is 0.348 e. The molecular weight excluding hydrogens is 297 g/mol. The quantitative estimate of drug-likeness (QED) is 0.887. The Bertz CT molecular complexity index is 744. The van der Waals surface area contributed by atoms with Gasteiger partial charge < -0.3 is 10.6 Å². The van der Waals surface area contributed by atoms with E-state index in [0.717, 1.165) is 12.8 Å². The minimum atomic E-state index is -0.379. The Labute approximate surface area is 132 Å². The molecule has 0 saturated heterocycles. The number of benzene rings is 1. The van der Waals surface area contributed by atoms with Crippen LogP contribution in [-0.2, 0) is 6.54 Å². The van der Waals surface area contributed by atoms with Crippen molar-refractivity contribution in [2.24, 2.45) is 0 Å². The van der Waals surface area contributed by atoms with Crippen LogP contribution >= 0.6 is 0 Å². The summed E-state index contributed by atoms with van der Waals surface area (Å²) in [5.74, 6) is -1.03. The molecule has 1 aromatic heterocycles. The van der Waals surface area contributed by atoms with Crippen molar-refractivity contribution in [3.63, 3.8) is 0 Å². The van der Waals surface area contributed by atoms with E-state index in [1.807, 2.05) is 0 Å². The lowest BCUT2D eigenvalue weighted by Crippen LogP contribution is -2.27. The van der Waals surface area contributed by atoms with Crippen molar-refractivity contribution < 1.29 is 14.0 Å². The highest BCUT2D eigenvalue weighted by Crippen LogP contribution is 2.19. The molecule has 0 unspecified atom stereocenters. The van der Waals surface area contributed by atoms with Gasteiger partial charge >= 0.3 is 0 Å². The molecule has 2 aromatic rings. The van der Waals surface area contributed by atoms with Crippen LogP contribution in [0.15, 0.2) is 42.6 Å². The summed E-state index contributed by atoms with van der Waals surface area (Å²) in [5.41, 5.74) is 0.925. The number of nitrogens with zero attached hydrogens (tertiary/aromatic N) is 1. The maximum Gasteiger partial charge on any atom is 0.270 e. The predicted octanol–water partition coefficient (Wildman–Crippen LogP) is 2.04. The van der Waals surface area contributed by atoms with Crippen LogP contribution in [0.5, 0.6) is 0 Å². The van der Waals surface area contributed by atoms with E-state index in [1.54, 1.807) is 18.2 Å². The molecule has 1 saturated carbocycles. The summed E-state index contributed by atoms with van der Waals surface area (Å²) in [4.78, 5) is 28.1. The summed E-state index contributed by atoms with van der Waals surface area (Å²) in [6.07, 6.45) is 3.38. The zero-order chi connectivity index (χ0) is 16.2. The van der Waals surface area contributed by atoms with Gasteiger partial charge in [-0.05, 0) is 31.0 Å². The van der Waals surface area contributed by atoms with Crippen LogP contribution in [0.25, 0.3) is 0 Å². The Morgan fingerprint density at radius 1 is 1.17 bits per heavy atom. The molecular formula is C17H16FN3O2. The number of amides is 2. The number of carbonyl (C=O) groups is 2. The first-order chi connectivity index (χ1) is 11.1. The summed E-state index contributed by atoms with van der Waals surface area (Å²) in [6.45, 7) is 0.0808. The van der Waals surface area contributed by atoms with Crippen LogP contribution in [0, 0.1) is 5.82 Å². The average molecular weight is 313 g/mol. The van der Waals surface area contributed by atoms with Gasteiger partial charge in [0.05, 0.1) is 0 Å². The molecule has 2 N–H and O–H groups in total. The van der Waals surface area contributed by atoms with Gasteiger partial charge in [-0.1, -0.05) is 18.2 Å². The van der Waals surface area contributed by atoms with E-state index in [1.165, 1.54) is 24.4 Å². The summed E-state index contributed by atoms with van der Waals surface area (Å²) >= 11 is 0. The fourth-order valence-corrected chi connectivity index (χ4v) is 2.10. The van der Waals surface area contributed by atoms with Crippen molar-refractivity contribution in [2.45, 2.75) is 25.4 Å². The highest BCUT2D eigenvalue weighted by Gasteiger charge is 2.24. The molecule has 5 nitrogen and oxygen atoms in total. The van der Waals surface area contributed by atoms with Gasteiger partial charge in [-0.25, -0.2) is 4.39 Å². The monoisotopic (exact) mass is 313 g/mol. The molecule has 1 aliphatic rings. The van der Waals surface area contributed by atoms with Gasteiger partial charge in [0.1, 0.15) is 11.5 Å². The third-order valence-electron chi connectivity index (χ3n) is 3.56. The molecule has 1 aliphatic carbocycles. The lowest BCUT2D eigenvalue weighted by molar-refractivity contribution is 0.0946. The summed E-state index contributed by atoms with van der Waals surface area (Å²) in [5, 5.41) is 5.46. The molecule has 118 valence electrons. The van der Waals surface area contributed by atoms with Crippen LogP contribution in [-0.4, -0.2) is 22.8 Å². The molecule has 0 spiro atoms. The molecule has 1 heterocycles. The molecule has 1 aromatic carbocycles. The SMILES string of the molecule is O=C(NCc1ccccc1F)c1ccnc(C(=O)NC2CC2)c1. The number of rotatable bonds is 5. The standard InChI is InChI=1S/C17H16FN3O2/c18-14-4-2-1-3-12(14)10-20-16(22)11-7-8-19-15(9-11)17(23)21-13-5-6-13/h1-4,7-9,13H,5-6,10H2,(H,20,22)(H,21,23). The topological polar surface area (TPSA) is 71.1 Å². The van der Waals surface area contributed by atoms with Gasteiger partial charge in [0.15, 0.2) is 0 Å². The molecule has 1 fully saturated rings. The van der Waals surface area contributed by atoms with E-state index in [4.69, 9.17) is 0 Å². The van der Waals surface area contributed by atoms with Gasteiger partial charge in [-0.3, -0.25) is 14.6 Å². The first kappa shape index (κ1) is 15.1. The van der Waals surface area contributed by atoms with Crippen molar-refractivity contribution in [3.8, 4) is 0 Å². The molecule has 2 amide bonds. The van der Waals surface area contributed by atoms with Gasteiger partial charge in [-0.2, -0.15) is 0 Å². The van der Waals surface area contributed by atoms with E-state index >= 15 is 0 Å². The minimum Gasteiger partial charge on any atom is -0.348 e. The van der Waals surface area contributed by atoms with Crippen molar-refractivity contribution >= 4 is 11.8 Å². The lowest BCUT2D eigenvalue weighted by Gasteiger charge is -2.07. The van der Waals surface area contributed by atoms with Gasteiger partial charge in [-0.15, -0.1) is 0 Å². The summed E-state index contributed by atoms with van der Waals surface area (Å²) in [6, 6.07) is 9.43. The number of aromatic nitrogens is 1. The lowest BCUT2D eigenvalue weighted by atomic mass is 10.2. The molecule has 0 aliphatic heterocycles. The van der Waals surface area contributed by atoms with E-state index in [-0.39, 0.29) is 35.9 Å². The number of pyridine rings is 1. The number of carbonyl (C=O) groups excluding carboxylic acids is 2. The number of halogens is 1. The van der Waals surface area contributed by atoms with Gasteiger partial charge in [0, 0.05) is 29.9 Å². The Hall–Kier alpha value is -2.76. The molecule has 0 bridgehead atoms. The normalized spacial score (nSPS) is 13.4. The molecule has 0 atom stereocenters. The van der Waals surface area contributed by atoms with Crippen molar-refractivity contribution in [1.82, 2.24) is 15.6 Å². The number of hydrogen-bond acceptors (Lipinski definition) is 3. The zero-order valence-corrected chi connectivity index (χ0v) is 12.4. The second-order valence-electron chi connectivity index (χ2n) is 5.45. The molecule has 0 radical (unpaired) electrons. The number of nitrogens with one attached hydrogen (secondary N) is 2. The molecule has 6 heteroatoms. The first-order valence-electron chi connectivity index (χ1n) is 7.42. The van der Waals surface area contributed by atoms with E-state index < -0.39 is 0 Å². The van der Waals surface area contributed by atoms with Gasteiger partial charge in [0.25, 0.3) is 11.8 Å². The highest BCUT2D eigenvalue weighted by molar-refractivity contribution is 5.98. The maximum atomic E-state index is 13.5. The fourth-order valence-electron chi connectivity index (χ4n) is 2.10. The van der Waals surface area contributed by atoms with Crippen molar-refractivity contribution in [1.29, 1.82) is 0 Å². The van der Waals surface area contributed by atoms with E-state index in [2.05, 4.69) is 15.6 Å². The maximum absolute atomic E-state index is 13.5. The zero-order valence-electron chi connectivity index (χ0n) is 12.4.